The van der Waals surface area contributed by atoms with Crippen LogP contribution in [0.4, 0.5) is 23.2 Å². The van der Waals surface area contributed by atoms with Gasteiger partial charge in [0.15, 0.2) is 0 Å². The summed E-state index contributed by atoms with van der Waals surface area (Å²) in [6, 6.07) is 2.66. The summed E-state index contributed by atoms with van der Waals surface area (Å²) in [5.41, 5.74) is 5.05. The van der Waals surface area contributed by atoms with Gasteiger partial charge in [0.1, 0.15) is 5.82 Å². The lowest BCUT2D eigenvalue weighted by Crippen LogP contribution is -2.30. The second kappa shape index (κ2) is 5.00. The summed E-state index contributed by atoms with van der Waals surface area (Å²) in [6.07, 6.45) is -3.68. The maximum absolute atomic E-state index is 13.8. The van der Waals surface area contributed by atoms with Gasteiger partial charge in [-0.15, -0.1) is 0 Å². The summed E-state index contributed by atoms with van der Waals surface area (Å²) in [4.78, 5) is 1.75. The molecule has 1 aromatic carbocycles. The first-order valence-corrected chi connectivity index (χ1v) is 6.16. The molecule has 0 saturated carbocycles. The van der Waals surface area contributed by atoms with E-state index in [0.717, 1.165) is 12.5 Å². The lowest BCUT2D eigenvalue weighted by atomic mass is 10.0. The van der Waals surface area contributed by atoms with Gasteiger partial charge in [-0.05, 0) is 37.5 Å². The Hall–Kier alpha value is -1.30. The molecule has 1 saturated heterocycles. The Morgan fingerprint density at radius 3 is 2.53 bits per heavy atom. The lowest BCUT2D eigenvalue weighted by molar-refractivity contribution is -0.137. The fraction of sp³-hybridized carbons (Fsp3) is 0.538. The minimum absolute atomic E-state index is 0.00232. The van der Waals surface area contributed by atoms with Gasteiger partial charge in [0, 0.05) is 19.1 Å². The summed E-state index contributed by atoms with van der Waals surface area (Å²) in [7, 11) is 0. The van der Waals surface area contributed by atoms with Gasteiger partial charge in [-0.2, -0.15) is 13.2 Å². The third-order valence-corrected chi connectivity index (χ3v) is 3.58. The minimum atomic E-state index is -4.52. The molecule has 2 unspecified atom stereocenters. The molecule has 0 aliphatic carbocycles. The highest BCUT2D eigenvalue weighted by Crippen LogP contribution is 2.33. The maximum atomic E-state index is 13.8. The van der Waals surface area contributed by atoms with Crippen molar-refractivity contribution in [1.82, 2.24) is 0 Å². The smallest absolute Gasteiger partial charge is 0.369 e. The van der Waals surface area contributed by atoms with Gasteiger partial charge >= 0.3 is 6.18 Å². The third kappa shape index (κ3) is 3.00. The van der Waals surface area contributed by atoms with Gasteiger partial charge in [-0.1, -0.05) is 0 Å². The number of benzene rings is 1. The molecule has 1 aliphatic heterocycles. The van der Waals surface area contributed by atoms with Gasteiger partial charge in [-0.25, -0.2) is 4.39 Å². The van der Waals surface area contributed by atoms with Crippen molar-refractivity contribution >= 4 is 5.69 Å². The van der Waals surface area contributed by atoms with E-state index in [1.807, 2.05) is 6.92 Å². The van der Waals surface area contributed by atoms with Crippen LogP contribution in [0.3, 0.4) is 0 Å². The highest BCUT2D eigenvalue weighted by molar-refractivity contribution is 5.50. The Labute approximate surface area is 109 Å². The van der Waals surface area contributed by atoms with Crippen LogP contribution >= 0.6 is 0 Å². The zero-order valence-electron chi connectivity index (χ0n) is 10.5. The van der Waals surface area contributed by atoms with Crippen LogP contribution < -0.4 is 10.6 Å². The van der Waals surface area contributed by atoms with Crippen molar-refractivity contribution in [3.8, 4) is 0 Å². The van der Waals surface area contributed by atoms with Crippen LogP contribution in [0, 0.1) is 11.7 Å². The molecule has 1 fully saturated rings. The zero-order valence-corrected chi connectivity index (χ0v) is 10.5. The predicted molar refractivity (Wildman–Crippen MR) is 65.4 cm³/mol. The van der Waals surface area contributed by atoms with E-state index in [0.29, 0.717) is 19.2 Å². The molecule has 0 radical (unpaired) electrons. The molecule has 0 spiro atoms. The summed E-state index contributed by atoms with van der Waals surface area (Å²) in [5, 5.41) is 0. The average molecular weight is 276 g/mol. The molecule has 0 aromatic heterocycles. The summed E-state index contributed by atoms with van der Waals surface area (Å²) < 4.78 is 51.1. The number of nitrogens with zero attached hydrogens (tertiary/aromatic N) is 1. The number of alkyl halides is 3. The standard InChI is InChI=1S/C13H16F4N2/c1-8(18)9-4-5-19(7-9)12-3-2-10(6-11(12)14)13(15,16)17/h2-3,6,8-9H,4-5,7,18H2,1H3. The SMILES string of the molecule is CC(N)C1CCN(c2ccc(C(F)(F)F)cc2F)C1. The number of anilines is 1. The number of rotatable bonds is 2. The molecule has 0 amide bonds. The normalized spacial score (nSPS) is 21.8. The molecule has 1 heterocycles. The van der Waals surface area contributed by atoms with E-state index in [1.54, 1.807) is 4.90 Å². The fourth-order valence-electron chi connectivity index (χ4n) is 2.37. The average Bonchev–Trinajstić information content (AvgIpc) is 2.76. The van der Waals surface area contributed by atoms with Crippen molar-refractivity contribution < 1.29 is 17.6 Å². The van der Waals surface area contributed by atoms with Crippen LogP contribution in [0.15, 0.2) is 18.2 Å². The van der Waals surface area contributed by atoms with E-state index < -0.39 is 17.6 Å². The van der Waals surface area contributed by atoms with Gasteiger partial charge in [0.2, 0.25) is 0 Å². The Morgan fingerprint density at radius 2 is 2.05 bits per heavy atom. The van der Waals surface area contributed by atoms with Crippen LogP contribution in [0.1, 0.15) is 18.9 Å². The molecule has 2 rings (SSSR count). The Bertz CT molecular complexity index is 456. The topological polar surface area (TPSA) is 29.3 Å². The van der Waals surface area contributed by atoms with Gasteiger partial charge in [0.25, 0.3) is 0 Å². The van der Waals surface area contributed by atoms with E-state index in [4.69, 9.17) is 5.73 Å². The van der Waals surface area contributed by atoms with E-state index in [1.165, 1.54) is 6.07 Å². The van der Waals surface area contributed by atoms with E-state index >= 15 is 0 Å². The molecule has 1 aliphatic rings. The van der Waals surface area contributed by atoms with Crippen molar-refractivity contribution in [3.05, 3.63) is 29.6 Å². The van der Waals surface area contributed by atoms with Crippen LogP contribution in [0.2, 0.25) is 0 Å². The number of hydrogen-bond donors (Lipinski definition) is 1. The predicted octanol–water partition coefficient (Wildman–Crippen LogP) is 3.02. The quantitative estimate of drug-likeness (QED) is 0.841. The van der Waals surface area contributed by atoms with Crippen molar-refractivity contribution in [3.63, 3.8) is 0 Å². The molecule has 0 bridgehead atoms. The largest absolute Gasteiger partial charge is 0.416 e. The van der Waals surface area contributed by atoms with E-state index in [-0.39, 0.29) is 17.6 Å². The Morgan fingerprint density at radius 1 is 1.37 bits per heavy atom. The van der Waals surface area contributed by atoms with Crippen molar-refractivity contribution in [1.29, 1.82) is 0 Å². The first-order valence-electron chi connectivity index (χ1n) is 6.16. The lowest BCUT2D eigenvalue weighted by Gasteiger charge is -2.21. The van der Waals surface area contributed by atoms with Crippen LogP contribution in [0.25, 0.3) is 0 Å². The summed E-state index contributed by atoms with van der Waals surface area (Å²) in [5.74, 6) is -0.582. The number of halogens is 4. The molecule has 6 heteroatoms. The molecule has 2 N–H and O–H groups in total. The summed E-state index contributed by atoms with van der Waals surface area (Å²) in [6.45, 7) is 3.09. The molecule has 2 atom stereocenters. The highest BCUT2D eigenvalue weighted by Gasteiger charge is 2.32. The van der Waals surface area contributed by atoms with Crippen LogP contribution in [-0.4, -0.2) is 19.1 Å². The second-order valence-corrected chi connectivity index (χ2v) is 5.02. The van der Waals surface area contributed by atoms with Crippen LogP contribution in [0.5, 0.6) is 0 Å². The number of nitrogens with two attached hydrogens (primary N) is 1. The second-order valence-electron chi connectivity index (χ2n) is 5.02. The summed E-state index contributed by atoms with van der Waals surface area (Å²) >= 11 is 0. The number of hydrogen-bond acceptors (Lipinski definition) is 2. The Kier molecular flexibility index (Phi) is 3.71. The molecule has 2 nitrogen and oxygen atoms in total. The highest BCUT2D eigenvalue weighted by atomic mass is 19.4. The zero-order chi connectivity index (χ0) is 14.2. The first kappa shape index (κ1) is 14.1. The monoisotopic (exact) mass is 276 g/mol. The molecule has 106 valence electrons. The maximum Gasteiger partial charge on any atom is 0.416 e. The molecular weight excluding hydrogens is 260 g/mol. The molecular formula is C13H16F4N2. The third-order valence-electron chi connectivity index (χ3n) is 3.58. The first-order chi connectivity index (χ1) is 8.79. The van der Waals surface area contributed by atoms with Gasteiger partial charge in [-0.3, -0.25) is 0 Å². The van der Waals surface area contributed by atoms with Crippen molar-refractivity contribution in [2.24, 2.45) is 11.7 Å². The molecule has 1 aromatic rings. The van der Waals surface area contributed by atoms with Crippen molar-refractivity contribution in [2.75, 3.05) is 18.0 Å². The minimum Gasteiger partial charge on any atom is -0.369 e. The van der Waals surface area contributed by atoms with Crippen molar-refractivity contribution in [2.45, 2.75) is 25.6 Å². The fourth-order valence-corrected chi connectivity index (χ4v) is 2.37. The van der Waals surface area contributed by atoms with E-state index in [2.05, 4.69) is 0 Å². The van der Waals surface area contributed by atoms with Gasteiger partial charge < -0.3 is 10.6 Å². The van der Waals surface area contributed by atoms with Crippen LogP contribution in [-0.2, 0) is 6.18 Å². The molecule has 19 heavy (non-hydrogen) atoms. The Balaban J connectivity index is 2.19. The van der Waals surface area contributed by atoms with E-state index in [9.17, 15) is 17.6 Å². The van der Waals surface area contributed by atoms with Gasteiger partial charge in [0.05, 0.1) is 11.3 Å².